The normalized spacial score (nSPS) is 10.6. The molecule has 5 heteroatoms. The fourth-order valence-electron chi connectivity index (χ4n) is 2.17. The average Bonchev–Trinajstić information content (AvgIpc) is 2.97. The van der Waals surface area contributed by atoms with Crippen LogP contribution in [-0.2, 0) is 13.2 Å². The first-order valence-electron chi connectivity index (χ1n) is 7.04. The SMILES string of the molecule is CSc1nnc(COc2ccccc2)n1Cc1ccccc1. The zero-order valence-corrected chi connectivity index (χ0v) is 13.2. The van der Waals surface area contributed by atoms with Gasteiger partial charge in [0.05, 0.1) is 6.54 Å². The summed E-state index contributed by atoms with van der Waals surface area (Å²) in [6.07, 6.45) is 2.01. The molecule has 2 aromatic carbocycles. The van der Waals surface area contributed by atoms with E-state index in [1.54, 1.807) is 11.8 Å². The molecule has 0 aliphatic rings. The molecule has 0 saturated heterocycles. The highest BCUT2D eigenvalue weighted by atomic mass is 32.2. The molecule has 0 amide bonds. The van der Waals surface area contributed by atoms with Crippen molar-refractivity contribution in [2.24, 2.45) is 0 Å². The van der Waals surface area contributed by atoms with Gasteiger partial charge < -0.3 is 4.74 Å². The Labute approximate surface area is 134 Å². The van der Waals surface area contributed by atoms with Crippen molar-refractivity contribution < 1.29 is 4.74 Å². The van der Waals surface area contributed by atoms with Crippen LogP contribution in [0.1, 0.15) is 11.4 Å². The zero-order chi connectivity index (χ0) is 15.2. The van der Waals surface area contributed by atoms with Crippen LogP contribution in [0.3, 0.4) is 0 Å². The second-order valence-electron chi connectivity index (χ2n) is 4.78. The van der Waals surface area contributed by atoms with Gasteiger partial charge in [-0.05, 0) is 24.0 Å². The fourth-order valence-corrected chi connectivity index (χ4v) is 2.68. The smallest absolute Gasteiger partial charge is 0.191 e. The Balaban J connectivity index is 1.78. The van der Waals surface area contributed by atoms with Gasteiger partial charge in [-0.2, -0.15) is 0 Å². The van der Waals surface area contributed by atoms with E-state index in [-0.39, 0.29) is 0 Å². The molecular formula is C17H17N3OS. The number of para-hydroxylation sites is 1. The van der Waals surface area contributed by atoms with Crippen LogP contribution in [0, 0.1) is 0 Å². The third-order valence-electron chi connectivity index (χ3n) is 3.27. The maximum atomic E-state index is 5.80. The number of hydrogen-bond donors (Lipinski definition) is 0. The van der Waals surface area contributed by atoms with Crippen LogP contribution in [0.5, 0.6) is 5.75 Å². The maximum absolute atomic E-state index is 5.80. The summed E-state index contributed by atoms with van der Waals surface area (Å²) in [6, 6.07) is 20.1. The topological polar surface area (TPSA) is 39.9 Å². The van der Waals surface area contributed by atoms with Crippen molar-refractivity contribution in [1.29, 1.82) is 0 Å². The van der Waals surface area contributed by atoms with Crippen LogP contribution in [-0.4, -0.2) is 21.0 Å². The molecule has 0 atom stereocenters. The maximum Gasteiger partial charge on any atom is 0.191 e. The number of ether oxygens (including phenoxy) is 1. The summed E-state index contributed by atoms with van der Waals surface area (Å²) in [7, 11) is 0. The highest BCUT2D eigenvalue weighted by molar-refractivity contribution is 7.98. The van der Waals surface area contributed by atoms with E-state index in [1.165, 1.54) is 5.56 Å². The van der Waals surface area contributed by atoms with Crippen molar-refractivity contribution >= 4 is 11.8 Å². The Kier molecular flexibility index (Phi) is 4.75. The minimum Gasteiger partial charge on any atom is -0.486 e. The molecule has 0 bridgehead atoms. The van der Waals surface area contributed by atoms with Crippen LogP contribution in [0.25, 0.3) is 0 Å². The molecule has 0 spiro atoms. The second-order valence-corrected chi connectivity index (χ2v) is 5.55. The molecule has 112 valence electrons. The minimum absolute atomic E-state index is 0.407. The summed E-state index contributed by atoms with van der Waals surface area (Å²) in [5, 5.41) is 9.40. The Morgan fingerprint density at radius 3 is 2.32 bits per heavy atom. The van der Waals surface area contributed by atoms with Crippen LogP contribution in [0.4, 0.5) is 0 Å². The van der Waals surface area contributed by atoms with E-state index in [0.29, 0.717) is 6.61 Å². The highest BCUT2D eigenvalue weighted by Gasteiger charge is 2.12. The summed E-state index contributed by atoms with van der Waals surface area (Å²) in [5.74, 6) is 1.67. The third kappa shape index (κ3) is 3.49. The van der Waals surface area contributed by atoms with Gasteiger partial charge in [-0.15, -0.1) is 10.2 Å². The number of rotatable bonds is 6. The standard InChI is InChI=1S/C17H17N3OS/c1-22-17-19-18-16(13-21-15-10-6-3-7-11-15)20(17)12-14-8-4-2-5-9-14/h2-11H,12-13H2,1H3. The van der Waals surface area contributed by atoms with Gasteiger partial charge >= 0.3 is 0 Å². The molecule has 0 N–H and O–H groups in total. The van der Waals surface area contributed by atoms with E-state index in [2.05, 4.69) is 26.9 Å². The Morgan fingerprint density at radius 1 is 0.955 bits per heavy atom. The largest absolute Gasteiger partial charge is 0.486 e. The van der Waals surface area contributed by atoms with Crippen molar-refractivity contribution in [3.8, 4) is 5.75 Å². The molecule has 0 saturated carbocycles. The van der Waals surface area contributed by atoms with Crippen LogP contribution >= 0.6 is 11.8 Å². The summed E-state index contributed by atoms with van der Waals surface area (Å²) >= 11 is 1.59. The molecule has 1 heterocycles. The lowest BCUT2D eigenvalue weighted by atomic mass is 10.2. The van der Waals surface area contributed by atoms with Crippen LogP contribution in [0.15, 0.2) is 65.8 Å². The summed E-state index contributed by atoms with van der Waals surface area (Å²) < 4.78 is 7.90. The lowest BCUT2D eigenvalue weighted by molar-refractivity contribution is 0.289. The van der Waals surface area contributed by atoms with E-state index in [1.807, 2.05) is 54.8 Å². The lowest BCUT2D eigenvalue weighted by Gasteiger charge is -2.10. The van der Waals surface area contributed by atoms with E-state index < -0.39 is 0 Å². The monoisotopic (exact) mass is 311 g/mol. The predicted molar refractivity (Wildman–Crippen MR) is 88.1 cm³/mol. The summed E-state index contributed by atoms with van der Waals surface area (Å²) in [4.78, 5) is 0. The van der Waals surface area contributed by atoms with Crippen LogP contribution < -0.4 is 4.74 Å². The van der Waals surface area contributed by atoms with E-state index in [9.17, 15) is 0 Å². The number of aromatic nitrogens is 3. The number of thioether (sulfide) groups is 1. The molecule has 0 aliphatic carbocycles. The van der Waals surface area contributed by atoms with Gasteiger partial charge in [-0.1, -0.05) is 60.3 Å². The zero-order valence-electron chi connectivity index (χ0n) is 12.3. The second kappa shape index (κ2) is 7.13. The van der Waals surface area contributed by atoms with Crippen molar-refractivity contribution in [3.63, 3.8) is 0 Å². The summed E-state index contributed by atoms with van der Waals surface area (Å²) in [6.45, 7) is 1.15. The van der Waals surface area contributed by atoms with Gasteiger partial charge in [0.25, 0.3) is 0 Å². The minimum atomic E-state index is 0.407. The van der Waals surface area contributed by atoms with Gasteiger partial charge in [0.2, 0.25) is 0 Å². The van der Waals surface area contributed by atoms with Gasteiger partial charge in [-0.3, -0.25) is 4.57 Å². The predicted octanol–water partition coefficient (Wildman–Crippen LogP) is 3.63. The summed E-state index contributed by atoms with van der Waals surface area (Å²) in [5.41, 5.74) is 1.22. The fraction of sp³-hybridized carbons (Fsp3) is 0.176. The van der Waals surface area contributed by atoms with Gasteiger partial charge in [0.1, 0.15) is 12.4 Å². The molecule has 3 rings (SSSR count). The lowest BCUT2D eigenvalue weighted by Crippen LogP contribution is -2.09. The average molecular weight is 311 g/mol. The Morgan fingerprint density at radius 2 is 1.64 bits per heavy atom. The molecule has 3 aromatic rings. The molecule has 22 heavy (non-hydrogen) atoms. The molecule has 1 aromatic heterocycles. The number of benzene rings is 2. The van der Waals surface area contributed by atoms with E-state index in [4.69, 9.17) is 4.74 Å². The molecule has 0 unspecified atom stereocenters. The van der Waals surface area contributed by atoms with Crippen LogP contribution in [0.2, 0.25) is 0 Å². The Hall–Kier alpha value is -2.27. The quantitative estimate of drug-likeness (QED) is 0.652. The first-order chi connectivity index (χ1) is 10.9. The van der Waals surface area contributed by atoms with E-state index in [0.717, 1.165) is 23.3 Å². The Bertz CT molecular complexity index is 713. The number of hydrogen-bond acceptors (Lipinski definition) is 4. The first-order valence-corrected chi connectivity index (χ1v) is 8.27. The molecular weight excluding hydrogens is 294 g/mol. The van der Waals surface area contributed by atoms with Gasteiger partial charge in [0.15, 0.2) is 11.0 Å². The molecule has 0 fully saturated rings. The molecule has 0 aliphatic heterocycles. The van der Waals surface area contributed by atoms with E-state index >= 15 is 0 Å². The number of nitrogens with zero attached hydrogens (tertiary/aromatic N) is 3. The van der Waals surface area contributed by atoms with Crippen molar-refractivity contribution in [3.05, 3.63) is 72.1 Å². The first kappa shape index (κ1) is 14.7. The third-order valence-corrected chi connectivity index (χ3v) is 3.94. The molecule has 0 radical (unpaired) electrons. The van der Waals surface area contributed by atoms with Crippen molar-refractivity contribution in [2.45, 2.75) is 18.3 Å². The van der Waals surface area contributed by atoms with Crippen molar-refractivity contribution in [1.82, 2.24) is 14.8 Å². The van der Waals surface area contributed by atoms with Crippen molar-refractivity contribution in [2.75, 3.05) is 6.26 Å². The van der Waals surface area contributed by atoms with Gasteiger partial charge in [0, 0.05) is 0 Å². The molecule has 4 nitrogen and oxygen atoms in total. The van der Waals surface area contributed by atoms with Gasteiger partial charge in [-0.25, -0.2) is 0 Å². The highest BCUT2D eigenvalue weighted by Crippen LogP contribution is 2.18.